The molecule has 0 saturated carbocycles. The lowest BCUT2D eigenvalue weighted by atomic mass is 10.2. The van der Waals surface area contributed by atoms with Crippen LogP contribution in [0.4, 0.5) is 0 Å². The largest absolute Gasteiger partial charge is 0.481 e. The zero-order valence-corrected chi connectivity index (χ0v) is 16.3. The van der Waals surface area contributed by atoms with Crippen LogP contribution in [-0.2, 0) is 9.59 Å². The third-order valence-electron chi connectivity index (χ3n) is 3.10. The molecule has 0 spiro atoms. The predicted molar refractivity (Wildman–Crippen MR) is 103 cm³/mol. The Labute approximate surface area is 158 Å². The molecule has 0 aliphatic carbocycles. The molecule has 0 bridgehead atoms. The first-order valence-corrected chi connectivity index (χ1v) is 9.25. The summed E-state index contributed by atoms with van der Waals surface area (Å²) < 4.78 is 5.99. The standard InChI is InChI=1S/C16H17IN2O4S/c1-3-18-16-19(4-2)15(22)13(24-16)8-10-5-6-12(11(17)7-10)23-9-14(20)21/h5-8H,3-4,9H2,1-2H3,(H,20,21). The van der Waals surface area contributed by atoms with Gasteiger partial charge < -0.3 is 9.84 Å². The molecule has 24 heavy (non-hydrogen) atoms. The van der Waals surface area contributed by atoms with Gasteiger partial charge in [0, 0.05) is 13.1 Å². The fourth-order valence-electron chi connectivity index (χ4n) is 2.05. The van der Waals surface area contributed by atoms with E-state index < -0.39 is 5.97 Å². The van der Waals surface area contributed by atoms with Crippen molar-refractivity contribution in [3.63, 3.8) is 0 Å². The summed E-state index contributed by atoms with van der Waals surface area (Å²) >= 11 is 3.45. The Kier molecular flexibility index (Phi) is 6.67. The molecule has 1 aliphatic rings. The molecule has 1 N–H and O–H groups in total. The van der Waals surface area contributed by atoms with E-state index in [-0.39, 0.29) is 12.5 Å². The summed E-state index contributed by atoms with van der Waals surface area (Å²) in [5, 5.41) is 9.39. The second-order valence-corrected chi connectivity index (χ2v) is 6.96. The zero-order chi connectivity index (χ0) is 17.7. The zero-order valence-electron chi connectivity index (χ0n) is 13.3. The molecule has 1 aromatic carbocycles. The summed E-state index contributed by atoms with van der Waals surface area (Å²) in [6.45, 7) is 4.69. The molecular weight excluding hydrogens is 443 g/mol. The van der Waals surface area contributed by atoms with Crippen molar-refractivity contribution < 1.29 is 19.4 Å². The average Bonchev–Trinajstić information content (AvgIpc) is 2.82. The van der Waals surface area contributed by atoms with Gasteiger partial charge in [0.1, 0.15) is 5.75 Å². The number of likely N-dealkylation sites (N-methyl/N-ethyl adjacent to an activating group) is 1. The number of halogens is 1. The molecule has 6 nitrogen and oxygen atoms in total. The maximum absolute atomic E-state index is 12.4. The van der Waals surface area contributed by atoms with Crippen LogP contribution in [0.15, 0.2) is 28.1 Å². The number of aliphatic carboxylic acids is 1. The minimum Gasteiger partial charge on any atom is -0.481 e. The molecule has 128 valence electrons. The third-order valence-corrected chi connectivity index (χ3v) is 4.99. The van der Waals surface area contributed by atoms with Gasteiger partial charge in [-0.2, -0.15) is 0 Å². The number of amides is 1. The van der Waals surface area contributed by atoms with E-state index in [2.05, 4.69) is 27.6 Å². The summed E-state index contributed by atoms with van der Waals surface area (Å²) in [6, 6.07) is 5.36. The van der Waals surface area contributed by atoms with Crippen molar-refractivity contribution in [2.75, 3.05) is 19.7 Å². The maximum atomic E-state index is 12.4. The van der Waals surface area contributed by atoms with Gasteiger partial charge in [0.15, 0.2) is 11.8 Å². The summed E-state index contributed by atoms with van der Waals surface area (Å²) in [6.07, 6.45) is 1.82. The third kappa shape index (κ3) is 4.50. The van der Waals surface area contributed by atoms with Crippen molar-refractivity contribution in [2.24, 2.45) is 4.99 Å². The Morgan fingerprint density at radius 3 is 2.79 bits per heavy atom. The van der Waals surface area contributed by atoms with Crippen molar-refractivity contribution >= 4 is 57.5 Å². The number of aliphatic imine (C=N–C) groups is 1. The van der Waals surface area contributed by atoms with E-state index >= 15 is 0 Å². The molecule has 0 atom stereocenters. The Hall–Kier alpha value is -1.55. The molecule has 1 aromatic rings. The van der Waals surface area contributed by atoms with Crippen LogP contribution in [0.3, 0.4) is 0 Å². The minimum atomic E-state index is -1.02. The summed E-state index contributed by atoms with van der Waals surface area (Å²) in [5.74, 6) is -0.558. The van der Waals surface area contributed by atoms with Crippen molar-refractivity contribution in [3.05, 3.63) is 32.2 Å². The van der Waals surface area contributed by atoms with Crippen LogP contribution in [0.1, 0.15) is 19.4 Å². The van der Waals surface area contributed by atoms with Gasteiger partial charge in [-0.3, -0.25) is 14.7 Å². The van der Waals surface area contributed by atoms with E-state index in [1.165, 1.54) is 11.8 Å². The molecule has 8 heteroatoms. The van der Waals surface area contributed by atoms with Gasteiger partial charge in [-0.05, 0) is 72.0 Å². The lowest BCUT2D eigenvalue weighted by Crippen LogP contribution is -2.28. The molecular formula is C16H17IN2O4S. The van der Waals surface area contributed by atoms with Gasteiger partial charge in [-0.1, -0.05) is 6.07 Å². The summed E-state index contributed by atoms with van der Waals surface area (Å²) in [4.78, 5) is 29.6. The number of carbonyl (C=O) groups excluding carboxylic acids is 1. The number of rotatable bonds is 6. The number of carboxylic acid groups (broad SMARTS) is 1. The molecule has 0 unspecified atom stereocenters. The van der Waals surface area contributed by atoms with Crippen LogP contribution in [0.25, 0.3) is 6.08 Å². The van der Waals surface area contributed by atoms with Gasteiger partial charge in [0.2, 0.25) is 0 Å². The fraction of sp³-hybridized carbons (Fsp3) is 0.312. The highest BCUT2D eigenvalue weighted by atomic mass is 127. The van der Waals surface area contributed by atoms with E-state index in [1.807, 2.05) is 26.0 Å². The number of amidine groups is 1. The van der Waals surface area contributed by atoms with E-state index in [4.69, 9.17) is 9.84 Å². The van der Waals surface area contributed by atoms with Gasteiger partial charge in [-0.25, -0.2) is 4.79 Å². The van der Waals surface area contributed by atoms with Crippen molar-refractivity contribution in [1.29, 1.82) is 0 Å². The van der Waals surface area contributed by atoms with Crippen molar-refractivity contribution in [2.45, 2.75) is 13.8 Å². The van der Waals surface area contributed by atoms with Crippen LogP contribution in [0.2, 0.25) is 0 Å². The van der Waals surface area contributed by atoms with Crippen LogP contribution < -0.4 is 4.74 Å². The highest BCUT2D eigenvalue weighted by Crippen LogP contribution is 2.33. The average molecular weight is 460 g/mol. The fourth-order valence-corrected chi connectivity index (χ4v) is 3.85. The number of carbonyl (C=O) groups is 2. The monoisotopic (exact) mass is 460 g/mol. The lowest BCUT2D eigenvalue weighted by Gasteiger charge is -2.11. The lowest BCUT2D eigenvalue weighted by molar-refractivity contribution is -0.139. The van der Waals surface area contributed by atoms with Crippen molar-refractivity contribution in [3.8, 4) is 5.75 Å². The normalized spacial score (nSPS) is 17.8. The van der Waals surface area contributed by atoms with Crippen LogP contribution in [-0.4, -0.2) is 46.7 Å². The molecule has 1 fully saturated rings. The maximum Gasteiger partial charge on any atom is 0.341 e. The number of nitrogens with zero attached hydrogens (tertiary/aromatic N) is 2. The van der Waals surface area contributed by atoms with Gasteiger partial charge in [0.25, 0.3) is 5.91 Å². The number of ether oxygens (including phenoxy) is 1. The predicted octanol–water partition coefficient (Wildman–Crippen LogP) is 3.07. The quantitative estimate of drug-likeness (QED) is 0.522. The number of hydrogen-bond donors (Lipinski definition) is 1. The number of hydrogen-bond acceptors (Lipinski definition) is 5. The molecule has 1 heterocycles. The van der Waals surface area contributed by atoms with Gasteiger partial charge in [-0.15, -0.1) is 0 Å². The highest BCUT2D eigenvalue weighted by molar-refractivity contribution is 14.1. The number of thioether (sulfide) groups is 1. The SMILES string of the molecule is CCN=C1SC(=Cc2ccc(OCC(=O)O)c(I)c2)C(=O)N1CC. The van der Waals surface area contributed by atoms with Crippen LogP contribution in [0.5, 0.6) is 5.75 Å². The molecule has 2 rings (SSSR count). The first-order valence-electron chi connectivity index (χ1n) is 7.36. The Morgan fingerprint density at radius 1 is 1.46 bits per heavy atom. The van der Waals surface area contributed by atoms with E-state index in [0.717, 1.165) is 14.3 Å². The second kappa shape index (κ2) is 8.52. The molecule has 0 radical (unpaired) electrons. The second-order valence-electron chi connectivity index (χ2n) is 4.79. The van der Waals surface area contributed by atoms with Crippen molar-refractivity contribution in [1.82, 2.24) is 4.90 Å². The molecule has 1 amide bonds. The topological polar surface area (TPSA) is 79.2 Å². The Morgan fingerprint density at radius 2 is 2.21 bits per heavy atom. The van der Waals surface area contributed by atoms with E-state index in [1.54, 1.807) is 17.0 Å². The molecule has 0 aromatic heterocycles. The molecule has 1 saturated heterocycles. The van der Waals surface area contributed by atoms with Gasteiger partial charge in [0.05, 0.1) is 8.48 Å². The summed E-state index contributed by atoms with van der Waals surface area (Å²) in [5.41, 5.74) is 0.853. The van der Waals surface area contributed by atoms with Crippen LogP contribution in [0, 0.1) is 3.57 Å². The Bertz CT molecular complexity index is 718. The minimum absolute atomic E-state index is 0.0455. The first-order chi connectivity index (χ1) is 11.5. The number of carboxylic acids is 1. The first kappa shape index (κ1) is 18.8. The Balaban J connectivity index is 2.22. The van der Waals surface area contributed by atoms with Gasteiger partial charge >= 0.3 is 5.97 Å². The highest BCUT2D eigenvalue weighted by Gasteiger charge is 2.31. The van der Waals surface area contributed by atoms with E-state index in [9.17, 15) is 9.59 Å². The summed E-state index contributed by atoms with van der Waals surface area (Å²) in [7, 11) is 0. The molecule has 1 aliphatic heterocycles. The van der Waals surface area contributed by atoms with E-state index in [0.29, 0.717) is 23.7 Å². The van der Waals surface area contributed by atoms with Crippen LogP contribution >= 0.6 is 34.4 Å². The smallest absolute Gasteiger partial charge is 0.341 e. The number of benzene rings is 1.